The molecule has 2 bridgehead atoms. The van der Waals surface area contributed by atoms with E-state index in [1.165, 1.54) is 52.0 Å². The summed E-state index contributed by atoms with van der Waals surface area (Å²) in [5.41, 5.74) is 19.9. The molecule has 3 saturated heterocycles. The first-order valence-electron chi connectivity index (χ1n) is 49.7. The number of primary amides is 2. The van der Waals surface area contributed by atoms with Crippen LogP contribution in [0.4, 0.5) is 0 Å². The molecule has 4 aliphatic heterocycles. The van der Waals surface area contributed by atoms with Gasteiger partial charge < -0.3 is 52.4 Å². The first-order valence-corrected chi connectivity index (χ1v) is 53.2. The van der Waals surface area contributed by atoms with Crippen molar-refractivity contribution in [3.8, 4) is 0 Å². The molecule has 10 rings (SSSR count). The molecule has 6 aromatic rings. The Hall–Kier alpha value is -11.2. The number of carbonyl (C=O) groups is 18. The number of guanidine groups is 1. The number of Topliss-reactive ketones (excluding diaryl/α,β-unsaturated/α-hetero) is 11. The topological polar surface area (TPSA) is 463 Å². The summed E-state index contributed by atoms with van der Waals surface area (Å²) in [4.78, 5) is 263. The third kappa shape index (κ3) is 32.9. The molecule has 31 heteroatoms. The quantitative estimate of drug-likeness (QED) is 0.0107. The fourth-order valence-corrected chi connectivity index (χ4v) is 23.7. The van der Waals surface area contributed by atoms with Gasteiger partial charge in [0.05, 0.1) is 41.9 Å². The molecule has 0 radical (unpaired) electrons. The van der Waals surface area contributed by atoms with Gasteiger partial charge in [-0.3, -0.25) is 86.9 Å². The van der Waals surface area contributed by atoms with Crippen molar-refractivity contribution >= 4 is 168 Å². The lowest BCUT2D eigenvalue weighted by molar-refractivity contribution is -0.145. The SMILES string of the molecule is CCC(=O)[C@H](CC(=O)[C@H](CC(=O)C(C)(C)NC(=O)CCC(=O)[C@H](CC(=O)[C@H]1CCCN1C(=O)[C@@H](CSCc1cc2cc(c1)CSC[C@@H](C)C(=O)N1CCC[C@@H]1C(=O)C[C@H](C(C)(C)C)C(=O)C[C@H](CC(N)=O)C(=O)C[C@H](CCCCNC(=N)N)C(=O)N1CCC[C@@H]1C(=O)C[C@@H](CC(=O)O)C(=O)C[C@@H](C(N)=O)CSC2)CC(C)=O)Cc1cccc2ccccc12)Cc1ccccc1)Cc1cccc2ccccc12. The van der Waals surface area contributed by atoms with Gasteiger partial charge in [0.25, 0.3) is 0 Å². The van der Waals surface area contributed by atoms with Crippen molar-refractivity contribution in [2.45, 2.75) is 263 Å². The van der Waals surface area contributed by atoms with Crippen molar-refractivity contribution in [3.05, 3.63) is 167 Å². The van der Waals surface area contributed by atoms with Gasteiger partial charge in [-0.25, -0.2) is 0 Å². The average molecular weight is 1990 g/mol. The highest BCUT2D eigenvalue weighted by molar-refractivity contribution is 7.99. The van der Waals surface area contributed by atoms with Crippen molar-refractivity contribution in [3.63, 3.8) is 0 Å². The Morgan fingerprint density at radius 1 is 0.546 bits per heavy atom. The number of nitrogens with two attached hydrogens (primary N) is 3. The molecule has 6 amide bonds. The molecule has 0 aromatic heterocycles. The van der Waals surface area contributed by atoms with Gasteiger partial charge in [0.2, 0.25) is 35.4 Å². The molecule has 141 heavy (non-hydrogen) atoms. The summed E-state index contributed by atoms with van der Waals surface area (Å²) in [6.45, 7) is 14.2. The van der Waals surface area contributed by atoms with E-state index < -0.39 is 191 Å². The number of hydrogen-bond acceptors (Lipinski definition) is 22. The number of thioether (sulfide) groups is 3. The normalized spacial score (nSPS) is 21.3. The molecule has 3 fully saturated rings. The number of unbranched alkanes of at least 4 members (excludes halogenated alkanes) is 1. The van der Waals surface area contributed by atoms with E-state index in [4.69, 9.17) is 22.6 Å². The maximum absolute atomic E-state index is 15.2. The number of carboxylic acid groups (broad SMARTS) is 1. The summed E-state index contributed by atoms with van der Waals surface area (Å²) in [6, 6.07) is 39.4. The fourth-order valence-electron chi connectivity index (χ4n) is 20.5. The zero-order valence-corrected chi connectivity index (χ0v) is 85.2. The Morgan fingerprint density at radius 3 is 1.68 bits per heavy atom. The van der Waals surface area contributed by atoms with Crippen LogP contribution in [-0.4, -0.2) is 198 Å². The molecule has 28 nitrogen and oxygen atoms in total. The predicted molar refractivity (Wildman–Crippen MR) is 548 cm³/mol. The van der Waals surface area contributed by atoms with Crippen LogP contribution < -0.4 is 27.8 Å². The summed E-state index contributed by atoms with van der Waals surface area (Å²) in [7, 11) is 0. The summed E-state index contributed by atoms with van der Waals surface area (Å²) in [6.07, 6.45) is -1.38. The average Bonchev–Trinajstić information content (AvgIpc) is 1.63. The standard InChI is InChI=1S/C110H141N9O19S3/c1-9-91(121)79(49-75-31-19-29-73-26-13-15-33-85(73)75)52-94(124)78(48-69-24-11-10-12-25-69)57-100(130)110(7,8)116-102(132)39-38-92(122)80(50-76-32-20-30-74-27-14-16-34-86(74)76)54-97(127)89-36-23-43-119(89)107(138)84(44-68(3)120)66-141-64-72-46-70-45-71(47-72)63-140-65-83(104(112)135)56-95(125)82(59-103(133)134)55-98(128)88-35-22-42-118(88)106(137)77(28-17-18-40-115-108(113)114)51-93(123)81(58-101(111)131)53-96(126)87(109(4,5)6)60-99(129)90-37-21-41-117(90)105(136)67(2)61-139-62-70/h10-16,19-20,24-27,29-34,45-47,67,77-84,87-90H,9,17-18,21-23,28,35-44,48-66H2,1-8H3,(H2,111,131)(H2,112,135)(H,116,132)(H,133,134)(H4,113,114,115)/t67-,77+,78+,79+,80+,81-,82+,83-,84-,87+,88-,89-,90-/m1/s1. The second-order valence-corrected chi connectivity index (χ2v) is 43.8. The monoisotopic (exact) mass is 1990 g/mol. The van der Waals surface area contributed by atoms with Gasteiger partial charge in [-0.1, -0.05) is 174 Å². The predicted octanol–water partition coefficient (Wildman–Crippen LogP) is 14.0. The second-order valence-electron chi connectivity index (χ2n) is 40.7. The molecule has 0 spiro atoms. The number of carbonyl (C=O) groups excluding carboxylic acids is 17. The van der Waals surface area contributed by atoms with E-state index in [2.05, 4.69) is 10.6 Å². The van der Waals surface area contributed by atoms with Crippen molar-refractivity contribution in [2.24, 2.45) is 81.8 Å². The van der Waals surface area contributed by atoms with E-state index in [-0.39, 0.29) is 167 Å². The summed E-state index contributed by atoms with van der Waals surface area (Å²) < 4.78 is 0. The Morgan fingerprint density at radius 2 is 1.09 bits per heavy atom. The number of amides is 6. The minimum absolute atomic E-state index is 0.0113. The largest absolute Gasteiger partial charge is 0.481 e. The number of ketones is 11. The van der Waals surface area contributed by atoms with Gasteiger partial charge in [-0.05, 0) is 152 Å². The van der Waals surface area contributed by atoms with Crippen LogP contribution in [0.15, 0.2) is 133 Å². The van der Waals surface area contributed by atoms with Gasteiger partial charge in [-0.15, -0.1) is 0 Å². The minimum Gasteiger partial charge on any atom is -0.481 e. The third-order valence-corrected chi connectivity index (χ3v) is 31.8. The molecule has 4 heterocycles. The van der Waals surface area contributed by atoms with E-state index in [9.17, 15) is 77.0 Å². The highest BCUT2D eigenvalue weighted by atomic mass is 32.2. The number of rotatable bonds is 39. The summed E-state index contributed by atoms with van der Waals surface area (Å²) >= 11 is 4.16. The number of aliphatic carboxylic acids is 1. The molecule has 0 aliphatic carbocycles. The van der Waals surface area contributed by atoms with E-state index in [1.807, 2.05) is 133 Å². The molecule has 6 aromatic carbocycles. The molecule has 0 unspecified atom stereocenters. The Bertz CT molecular complexity index is 5570. The molecule has 0 saturated carbocycles. The zero-order chi connectivity index (χ0) is 103. The smallest absolute Gasteiger partial charge is 0.304 e. The number of nitrogens with one attached hydrogen (secondary N) is 3. The fraction of sp³-hybridized carbons (Fsp3) is 0.536. The maximum Gasteiger partial charge on any atom is 0.304 e. The van der Waals surface area contributed by atoms with Crippen molar-refractivity contribution < 1.29 is 91.4 Å². The number of hydrogen-bond donors (Lipinski definition) is 7. The number of likely N-dealkylation sites (tertiary alicyclic amines) is 1. The van der Waals surface area contributed by atoms with Crippen molar-refractivity contribution in [1.82, 2.24) is 25.3 Å². The molecule has 4 aliphatic rings. The van der Waals surface area contributed by atoms with Crippen LogP contribution in [0.1, 0.15) is 236 Å². The number of carboxylic acids is 1. The van der Waals surface area contributed by atoms with E-state index in [0.717, 1.165) is 54.9 Å². The van der Waals surface area contributed by atoms with Crippen LogP contribution in [-0.2, 0) is 123 Å². The molecule has 13 atom stereocenters. The van der Waals surface area contributed by atoms with Crippen molar-refractivity contribution in [1.29, 1.82) is 5.41 Å². The van der Waals surface area contributed by atoms with Crippen LogP contribution in [0.25, 0.3) is 21.5 Å². The minimum atomic E-state index is -1.52. The van der Waals surface area contributed by atoms with E-state index in [1.54, 1.807) is 53.4 Å². The third-order valence-electron chi connectivity index (χ3n) is 28.2. The maximum atomic E-state index is 15.2. The van der Waals surface area contributed by atoms with Crippen LogP contribution >= 0.6 is 35.3 Å². The molecular weight excluding hydrogens is 1850 g/mol. The van der Waals surface area contributed by atoms with Gasteiger partial charge >= 0.3 is 5.97 Å². The van der Waals surface area contributed by atoms with Gasteiger partial charge in [0.1, 0.15) is 40.5 Å². The Labute approximate surface area is 840 Å². The van der Waals surface area contributed by atoms with Crippen LogP contribution in [0.2, 0.25) is 0 Å². The number of nitrogens with zero attached hydrogens (tertiary/aromatic N) is 3. The second kappa shape index (κ2) is 53.2. The lowest BCUT2D eigenvalue weighted by atomic mass is 9.72. The lowest BCUT2D eigenvalue weighted by Crippen LogP contribution is -2.50. The van der Waals surface area contributed by atoms with Gasteiger partial charge in [0.15, 0.2) is 29.1 Å². The zero-order valence-electron chi connectivity index (χ0n) is 82.8. The van der Waals surface area contributed by atoms with Crippen molar-refractivity contribution in [2.75, 3.05) is 43.4 Å². The van der Waals surface area contributed by atoms with Gasteiger partial charge in [-0.2, -0.15) is 35.3 Å². The van der Waals surface area contributed by atoms with E-state index >= 15 is 14.4 Å². The Kier molecular flexibility index (Phi) is 42.2. The lowest BCUT2D eigenvalue weighted by Gasteiger charge is -2.33. The first-order chi connectivity index (χ1) is 67.0. The van der Waals surface area contributed by atoms with Crippen LogP contribution in [0.5, 0.6) is 0 Å². The molecule has 10 N–H and O–H groups in total. The Balaban J connectivity index is 0.848. The highest BCUT2D eigenvalue weighted by Crippen LogP contribution is 2.39. The van der Waals surface area contributed by atoms with Crippen LogP contribution in [0.3, 0.4) is 0 Å². The van der Waals surface area contributed by atoms with E-state index in [0.29, 0.717) is 68.7 Å². The van der Waals surface area contributed by atoms with Crippen LogP contribution in [0, 0.1) is 70.0 Å². The summed E-state index contributed by atoms with van der Waals surface area (Å²) in [5, 5.41) is 27.2. The molecular formula is C110H141N9O19S3. The first kappa shape index (κ1) is 112. The number of fused-ring (bicyclic) bond motifs is 6. The summed E-state index contributed by atoms with van der Waals surface area (Å²) in [5.74, 6) is -18.4. The number of benzene rings is 6. The van der Waals surface area contributed by atoms with Gasteiger partial charge in [0, 0.05) is 192 Å². The molecule has 758 valence electrons. The highest BCUT2D eigenvalue weighted by Gasteiger charge is 2.46.